The first-order valence-electron chi connectivity index (χ1n) is 9.18. The Morgan fingerprint density at radius 1 is 1.07 bits per heavy atom. The number of carbonyl (C=O) groups excluding carboxylic acids is 1. The number of nitrogens with two attached hydrogens (primary N) is 1. The van der Waals surface area contributed by atoms with Crippen LogP contribution in [-0.2, 0) is 4.79 Å². The molecule has 1 atom stereocenters. The normalized spacial score (nSPS) is 11.2. The van der Waals surface area contributed by atoms with Gasteiger partial charge in [0.15, 0.2) is 0 Å². The number of nitrogens with zero attached hydrogens (tertiary/aromatic N) is 3. The number of benzene rings is 2. The Kier molecular flexibility index (Phi) is 6.36. The fourth-order valence-electron chi connectivity index (χ4n) is 2.88. The van der Waals surface area contributed by atoms with Crippen LogP contribution in [-0.4, -0.2) is 16.1 Å². The number of hydrogen-bond donors (Lipinski definition) is 2. The maximum Gasteiger partial charge on any atom is 0.237 e. The SMILES string of the molecule is Cc1ccc(-c2c(C#N)c(N)nc(SC(C)C(=O)Nc3ccccc3)c2C#N)cc1. The third kappa shape index (κ3) is 4.43. The minimum absolute atomic E-state index is 0.0326. The number of nitrogens with one attached hydrogen (secondary N) is 1. The number of nitrogen functional groups attached to an aromatic ring is 1. The first kappa shape index (κ1) is 20.9. The molecule has 0 spiro atoms. The number of anilines is 2. The van der Waals surface area contributed by atoms with Gasteiger partial charge in [-0.1, -0.05) is 59.8 Å². The highest BCUT2D eigenvalue weighted by Crippen LogP contribution is 2.37. The Balaban J connectivity index is 1.99. The Labute approximate surface area is 179 Å². The Morgan fingerprint density at radius 2 is 1.70 bits per heavy atom. The van der Waals surface area contributed by atoms with Crippen LogP contribution in [0.2, 0.25) is 0 Å². The molecule has 6 nitrogen and oxygen atoms in total. The van der Waals surface area contributed by atoms with Crippen molar-refractivity contribution in [1.29, 1.82) is 10.5 Å². The molecule has 3 aromatic rings. The van der Waals surface area contributed by atoms with E-state index in [0.717, 1.165) is 17.3 Å². The van der Waals surface area contributed by atoms with Gasteiger partial charge in [-0.25, -0.2) is 4.98 Å². The molecule has 0 aliphatic heterocycles. The molecule has 0 radical (unpaired) electrons. The van der Waals surface area contributed by atoms with E-state index in [4.69, 9.17) is 5.73 Å². The van der Waals surface area contributed by atoms with E-state index in [1.165, 1.54) is 0 Å². The Hall–Kier alpha value is -3.81. The summed E-state index contributed by atoms with van der Waals surface area (Å²) in [5.41, 5.74) is 9.30. The molecule has 0 aliphatic carbocycles. The molecule has 7 heteroatoms. The van der Waals surface area contributed by atoms with Crippen molar-refractivity contribution in [2.24, 2.45) is 0 Å². The highest BCUT2D eigenvalue weighted by Gasteiger charge is 2.24. The molecule has 148 valence electrons. The first-order valence-corrected chi connectivity index (χ1v) is 10.1. The van der Waals surface area contributed by atoms with E-state index < -0.39 is 5.25 Å². The summed E-state index contributed by atoms with van der Waals surface area (Å²) in [6, 6.07) is 20.8. The van der Waals surface area contributed by atoms with Crippen molar-refractivity contribution < 1.29 is 4.79 Å². The van der Waals surface area contributed by atoms with Gasteiger partial charge in [-0.05, 0) is 31.5 Å². The van der Waals surface area contributed by atoms with Crippen LogP contribution in [0.25, 0.3) is 11.1 Å². The fourth-order valence-corrected chi connectivity index (χ4v) is 3.80. The van der Waals surface area contributed by atoms with Crippen LogP contribution in [0, 0.1) is 29.6 Å². The molecule has 0 saturated heterocycles. The van der Waals surface area contributed by atoms with Crippen LogP contribution in [0.1, 0.15) is 23.6 Å². The van der Waals surface area contributed by atoms with Gasteiger partial charge in [0.25, 0.3) is 0 Å². The Bertz CT molecular complexity index is 1160. The van der Waals surface area contributed by atoms with Gasteiger partial charge in [0, 0.05) is 11.3 Å². The van der Waals surface area contributed by atoms with E-state index >= 15 is 0 Å². The molecule has 0 fully saturated rings. The molecule has 1 amide bonds. The third-order valence-corrected chi connectivity index (χ3v) is 5.54. The van der Waals surface area contributed by atoms with Gasteiger partial charge in [0.2, 0.25) is 5.91 Å². The molecule has 0 saturated carbocycles. The topological polar surface area (TPSA) is 116 Å². The fraction of sp³-hybridized carbons (Fsp3) is 0.130. The van der Waals surface area contributed by atoms with Crippen LogP contribution >= 0.6 is 11.8 Å². The van der Waals surface area contributed by atoms with E-state index in [1.54, 1.807) is 19.1 Å². The monoisotopic (exact) mass is 413 g/mol. The van der Waals surface area contributed by atoms with E-state index in [1.807, 2.05) is 49.4 Å². The highest BCUT2D eigenvalue weighted by atomic mass is 32.2. The van der Waals surface area contributed by atoms with E-state index in [2.05, 4.69) is 22.4 Å². The molecule has 1 unspecified atom stereocenters. The van der Waals surface area contributed by atoms with Gasteiger partial charge >= 0.3 is 0 Å². The number of nitriles is 2. The predicted molar refractivity (Wildman–Crippen MR) is 119 cm³/mol. The van der Waals surface area contributed by atoms with Gasteiger partial charge < -0.3 is 11.1 Å². The van der Waals surface area contributed by atoms with Crippen LogP contribution in [0.15, 0.2) is 59.6 Å². The van der Waals surface area contributed by atoms with Gasteiger partial charge in [0.05, 0.1) is 10.8 Å². The van der Waals surface area contributed by atoms with Gasteiger partial charge in [-0.15, -0.1) is 0 Å². The average Bonchev–Trinajstić information content (AvgIpc) is 2.74. The zero-order valence-corrected chi connectivity index (χ0v) is 17.3. The summed E-state index contributed by atoms with van der Waals surface area (Å²) in [4.78, 5) is 16.9. The number of pyridine rings is 1. The minimum Gasteiger partial charge on any atom is -0.383 e. The lowest BCUT2D eigenvalue weighted by Crippen LogP contribution is -2.22. The van der Waals surface area contributed by atoms with Crippen molar-refractivity contribution in [2.45, 2.75) is 24.1 Å². The van der Waals surface area contributed by atoms with Crippen LogP contribution in [0.4, 0.5) is 11.5 Å². The van der Waals surface area contributed by atoms with Crippen LogP contribution in [0.5, 0.6) is 0 Å². The van der Waals surface area contributed by atoms with Crippen molar-refractivity contribution in [3.63, 3.8) is 0 Å². The summed E-state index contributed by atoms with van der Waals surface area (Å²) in [6.45, 7) is 3.68. The number of hydrogen-bond acceptors (Lipinski definition) is 6. The summed E-state index contributed by atoms with van der Waals surface area (Å²) in [5, 5.41) is 22.1. The lowest BCUT2D eigenvalue weighted by Gasteiger charge is -2.16. The average molecular weight is 414 g/mol. The number of amides is 1. The molecular formula is C23H19N5OS. The van der Waals surface area contributed by atoms with Crippen molar-refractivity contribution in [1.82, 2.24) is 4.98 Å². The smallest absolute Gasteiger partial charge is 0.237 e. The van der Waals surface area contributed by atoms with E-state index in [-0.39, 0.29) is 22.9 Å². The summed E-state index contributed by atoms with van der Waals surface area (Å²) in [7, 11) is 0. The summed E-state index contributed by atoms with van der Waals surface area (Å²) in [5.74, 6) is -0.193. The van der Waals surface area contributed by atoms with E-state index in [9.17, 15) is 15.3 Å². The maximum atomic E-state index is 12.6. The van der Waals surface area contributed by atoms with Crippen molar-refractivity contribution in [2.75, 3.05) is 11.1 Å². The van der Waals surface area contributed by atoms with Crippen LogP contribution < -0.4 is 11.1 Å². The minimum atomic E-state index is -0.539. The number of aromatic nitrogens is 1. The summed E-state index contributed by atoms with van der Waals surface area (Å²) >= 11 is 1.13. The second-order valence-corrected chi connectivity index (χ2v) is 7.96. The van der Waals surface area contributed by atoms with E-state index in [0.29, 0.717) is 21.8 Å². The molecular weight excluding hydrogens is 394 g/mol. The zero-order valence-electron chi connectivity index (χ0n) is 16.5. The molecule has 0 aliphatic rings. The quantitative estimate of drug-likeness (QED) is 0.595. The summed E-state index contributed by atoms with van der Waals surface area (Å²) < 4.78 is 0. The molecule has 1 aromatic heterocycles. The molecule has 30 heavy (non-hydrogen) atoms. The molecule has 3 rings (SSSR count). The molecule has 0 bridgehead atoms. The Morgan fingerprint density at radius 3 is 2.30 bits per heavy atom. The predicted octanol–water partition coefficient (Wildman–Crippen LogP) is 4.50. The van der Waals surface area contributed by atoms with Crippen LogP contribution in [0.3, 0.4) is 0 Å². The van der Waals surface area contributed by atoms with Gasteiger partial charge in [0.1, 0.15) is 28.5 Å². The maximum absolute atomic E-state index is 12.6. The molecule has 3 N–H and O–H groups in total. The number of rotatable bonds is 5. The highest BCUT2D eigenvalue weighted by molar-refractivity contribution is 8.00. The number of aryl methyl sites for hydroxylation is 1. The van der Waals surface area contributed by atoms with Gasteiger partial charge in [-0.3, -0.25) is 4.79 Å². The van der Waals surface area contributed by atoms with Crippen molar-refractivity contribution in [3.05, 3.63) is 71.3 Å². The lowest BCUT2D eigenvalue weighted by molar-refractivity contribution is -0.115. The van der Waals surface area contributed by atoms with Crippen molar-refractivity contribution >= 4 is 29.2 Å². The second-order valence-electron chi connectivity index (χ2n) is 6.63. The molecule has 2 aromatic carbocycles. The van der Waals surface area contributed by atoms with Gasteiger partial charge in [-0.2, -0.15) is 10.5 Å². The first-order chi connectivity index (χ1) is 14.4. The lowest BCUT2D eigenvalue weighted by atomic mass is 9.96. The largest absolute Gasteiger partial charge is 0.383 e. The van der Waals surface area contributed by atoms with Crippen molar-refractivity contribution in [3.8, 4) is 23.3 Å². The summed E-state index contributed by atoms with van der Waals surface area (Å²) in [6.07, 6.45) is 0. The standard InChI is InChI=1S/C23H19N5OS/c1-14-8-10-16(11-9-14)20-18(12-24)21(26)28-23(19(20)13-25)30-15(2)22(29)27-17-6-4-3-5-7-17/h3-11,15H,1-2H3,(H2,26,28)(H,27,29). The third-order valence-electron chi connectivity index (χ3n) is 4.45. The second kappa shape index (κ2) is 9.13. The number of para-hydroxylation sites is 1. The number of carbonyl (C=O) groups is 1. The molecule has 1 heterocycles. The number of thioether (sulfide) groups is 1. The zero-order chi connectivity index (χ0) is 21.7.